The van der Waals surface area contributed by atoms with Crippen molar-refractivity contribution in [2.24, 2.45) is 5.73 Å². The van der Waals surface area contributed by atoms with Crippen molar-refractivity contribution in [3.63, 3.8) is 0 Å². The van der Waals surface area contributed by atoms with Gasteiger partial charge in [0, 0.05) is 12.1 Å². The number of nitrogens with zero attached hydrogens (tertiary/aromatic N) is 2. The molecule has 3 heterocycles. The minimum atomic E-state index is -1.07. The van der Waals surface area contributed by atoms with Crippen LogP contribution in [0.4, 0.5) is 9.18 Å². The Hall–Kier alpha value is -2.14. The molecule has 1 aromatic heterocycles. The van der Waals surface area contributed by atoms with Crippen LogP contribution in [0.15, 0.2) is 24.4 Å². The summed E-state index contributed by atoms with van der Waals surface area (Å²) in [6.45, 7) is 0. The predicted molar refractivity (Wildman–Crippen MR) is 108 cm³/mol. The first kappa shape index (κ1) is 19.2. The molecule has 7 nitrogen and oxygen atoms in total. The van der Waals surface area contributed by atoms with E-state index in [0.717, 1.165) is 22.4 Å². The fourth-order valence-corrected chi connectivity index (χ4v) is 4.48. The minimum absolute atomic E-state index is 0.00435. The highest BCUT2D eigenvalue weighted by Crippen LogP contribution is 2.44. The van der Waals surface area contributed by atoms with Crippen molar-refractivity contribution in [2.75, 3.05) is 0 Å². The van der Waals surface area contributed by atoms with Gasteiger partial charge in [-0.2, -0.15) is 0 Å². The third-order valence-electron chi connectivity index (χ3n) is 4.98. The summed E-state index contributed by atoms with van der Waals surface area (Å²) in [5.41, 5.74) is 5.51. The molecular formula is C18H15ClFIN4O3. The van der Waals surface area contributed by atoms with Crippen LogP contribution in [0.25, 0.3) is 5.57 Å². The molecular weight excluding hydrogens is 502 g/mol. The normalized spacial score (nSPS) is 21.5. The number of nitrogens with two attached hydrogens (primary N) is 1. The highest BCUT2D eigenvalue weighted by Gasteiger charge is 2.42. The van der Waals surface area contributed by atoms with Gasteiger partial charge in [-0.1, -0.05) is 11.6 Å². The third-order valence-corrected chi connectivity index (χ3v) is 5.82. The number of aromatic nitrogens is 2. The standard InChI is InChI=1S/C18H15ClFIN4O3/c19-10-2-4-12(28-18(22)27)15(16(10)20)8-5-9-1-3-11(25(9)14(26)6-8)17-23-7-13(21)24-17/h2,4,6-7,9,11H,1,3,5H2,(H2,22,27)(H,23,24)/t9?,11-/m0/s1. The third kappa shape index (κ3) is 3.37. The van der Waals surface area contributed by atoms with Gasteiger partial charge in [0.2, 0.25) is 5.91 Å². The van der Waals surface area contributed by atoms with Crippen LogP contribution in [0, 0.1) is 9.52 Å². The molecule has 2 amide bonds. The van der Waals surface area contributed by atoms with Crippen molar-refractivity contribution < 1.29 is 18.7 Å². The van der Waals surface area contributed by atoms with Gasteiger partial charge in [0.15, 0.2) is 5.82 Å². The van der Waals surface area contributed by atoms with Crippen molar-refractivity contribution in [2.45, 2.75) is 31.3 Å². The van der Waals surface area contributed by atoms with E-state index in [1.165, 1.54) is 18.2 Å². The van der Waals surface area contributed by atoms with E-state index in [0.29, 0.717) is 12.0 Å². The van der Waals surface area contributed by atoms with Crippen LogP contribution >= 0.6 is 34.2 Å². The Morgan fingerprint density at radius 2 is 2.21 bits per heavy atom. The van der Waals surface area contributed by atoms with Crippen molar-refractivity contribution in [1.82, 2.24) is 14.9 Å². The van der Waals surface area contributed by atoms with E-state index in [-0.39, 0.29) is 34.3 Å². The summed E-state index contributed by atoms with van der Waals surface area (Å²) in [4.78, 5) is 33.4. The molecule has 3 N–H and O–H groups in total. The highest BCUT2D eigenvalue weighted by molar-refractivity contribution is 14.1. The topological polar surface area (TPSA) is 101 Å². The van der Waals surface area contributed by atoms with Crippen LogP contribution < -0.4 is 10.5 Å². The number of aromatic amines is 1. The number of hydrogen-bond donors (Lipinski definition) is 2. The molecule has 1 saturated heterocycles. The predicted octanol–water partition coefficient (Wildman–Crippen LogP) is 3.78. The second-order valence-electron chi connectivity index (χ2n) is 6.64. The lowest BCUT2D eigenvalue weighted by atomic mass is 9.93. The van der Waals surface area contributed by atoms with Crippen LogP contribution in [0.1, 0.15) is 36.7 Å². The maximum atomic E-state index is 14.8. The average molecular weight is 517 g/mol. The Morgan fingerprint density at radius 1 is 1.43 bits per heavy atom. The van der Waals surface area contributed by atoms with Gasteiger partial charge >= 0.3 is 6.09 Å². The second kappa shape index (κ2) is 7.36. The summed E-state index contributed by atoms with van der Waals surface area (Å²) in [6, 6.07) is 2.38. The zero-order valence-corrected chi connectivity index (χ0v) is 17.3. The van der Waals surface area contributed by atoms with Gasteiger partial charge in [-0.3, -0.25) is 4.79 Å². The maximum Gasteiger partial charge on any atom is 0.409 e. The first-order valence-electron chi connectivity index (χ1n) is 8.54. The highest BCUT2D eigenvalue weighted by atomic mass is 127. The van der Waals surface area contributed by atoms with Gasteiger partial charge in [0.25, 0.3) is 0 Å². The Morgan fingerprint density at radius 3 is 2.89 bits per heavy atom. The van der Waals surface area contributed by atoms with Gasteiger partial charge in [-0.05, 0) is 59.6 Å². The molecule has 0 bridgehead atoms. The van der Waals surface area contributed by atoms with Crippen molar-refractivity contribution in [3.05, 3.63) is 50.3 Å². The first-order chi connectivity index (χ1) is 13.3. The van der Waals surface area contributed by atoms with Crippen LogP contribution in [0.3, 0.4) is 0 Å². The molecule has 10 heteroatoms. The monoisotopic (exact) mass is 516 g/mol. The summed E-state index contributed by atoms with van der Waals surface area (Å²) < 4.78 is 20.6. The fraction of sp³-hybridized carbons (Fsp3) is 0.278. The molecule has 2 aliphatic heterocycles. The van der Waals surface area contributed by atoms with Gasteiger partial charge in [-0.25, -0.2) is 14.2 Å². The number of rotatable bonds is 3. The summed E-state index contributed by atoms with van der Waals surface area (Å²) >= 11 is 8.04. The zero-order chi connectivity index (χ0) is 20.0. The van der Waals surface area contributed by atoms with E-state index in [2.05, 4.69) is 32.6 Å². The maximum absolute atomic E-state index is 14.8. The lowest BCUT2D eigenvalue weighted by Crippen LogP contribution is -2.39. The number of hydrogen-bond acceptors (Lipinski definition) is 4. The SMILES string of the molecule is NC(=O)Oc1ccc(Cl)c(F)c1C1=CC(=O)N2C(CC[C@H]2c2ncc(I)[nH]2)C1. The van der Waals surface area contributed by atoms with E-state index in [9.17, 15) is 14.0 Å². The Balaban J connectivity index is 1.71. The molecule has 4 rings (SSSR count). The number of carbonyl (C=O) groups excluding carboxylic acids is 2. The van der Waals surface area contributed by atoms with Crippen LogP contribution in [0.5, 0.6) is 5.75 Å². The minimum Gasteiger partial charge on any atom is -0.410 e. The first-order valence-corrected chi connectivity index (χ1v) is 9.99. The molecule has 1 fully saturated rings. The van der Waals surface area contributed by atoms with E-state index >= 15 is 0 Å². The van der Waals surface area contributed by atoms with Gasteiger partial charge < -0.3 is 20.4 Å². The zero-order valence-electron chi connectivity index (χ0n) is 14.4. The molecule has 146 valence electrons. The molecule has 28 heavy (non-hydrogen) atoms. The molecule has 2 aromatic rings. The fourth-order valence-electron chi connectivity index (χ4n) is 3.90. The van der Waals surface area contributed by atoms with Crippen molar-refractivity contribution in [3.8, 4) is 5.75 Å². The number of nitrogens with one attached hydrogen (secondary N) is 1. The summed E-state index contributed by atoms with van der Waals surface area (Å²) in [6.07, 6.45) is 3.93. The Kier molecular flexibility index (Phi) is 5.04. The van der Waals surface area contributed by atoms with Crippen LogP contribution in [-0.2, 0) is 4.79 Å². The largest absolute Gasteiger partial charge is 0.410 e. The van der Waals surface area contributed by atoms with Gasteiger partial charge in [0.1, 0.15) is 11.6 Å². The molecule has 1 aromatic carbocycles. The lowest BCUT2D eigenvalue weighted by Gasteiger charge is -2.33. The van der Waals surface area contributed by atoms with Crippen molar-refractivity contribution >= 4 is 51.8 Å². The molecule has 0 spiro atoms. The summed E-state index contributed by atoms with van der Waals surface area (Å²) in [5, 5.41) is -0.128. The number of carbonyl (C=O) groups is 2. The Labute approximate surface area is 178 Å². The molecule has 0 radical (unpaired) electrons. The number of fused-ring (bicyclic) bond motifs is 1. The summed E-state index contributed by atoms with van der Waals surface area (Å²) in [5.74, 6) is -0.312. The molecule has 0 saturated carbocycles. The number of ether oxygens (including phenoxy) is 1. The molecule has 2 atom stereocenters. The van der Waals surface area contributed by atoms with E-state index in [1.54, 1.807) is 11.1 Å². The van der Waals surface area contributed by atoms with Gasteiger partial charge in [0.05, 0.1) is 26.5 Å². The number of primary amides is 1. The quantitative estimate of drug-likeness (QED) is 0.606. The number of imidazole rings is 1. The molecule has 1 unspecified atom stereocenters. The number of H-pyrrole nitrogens is 1. The van der Waals surface area contributed by atoms with Crippen molar-refractivity contribution in [1.29, 1.82) is 0 Å². The Bertz CT molecular complexity index is 1010. The number of amides is 2. The van der Waals surface area contributed by atoms with E-state index in [1.807, 2.05) is 0 Å². The van der Waals surface area contributed by atoms with E-state index in [4.69, 9.17) is 22.1 Å². The number of benzene rings is 1. The van der Waals surface area contributed by atoms with Gasteiger partial charge in [-0.15, -0.1) is 0 Å². The number of halogens is 3. The summed E-state index contributed by atoms with van der Waals surface area (Å²) in [7, 11) is 0. The second-order valence-corrected chi connectivity index (χ2v) is 8.21. The van der Waals surface area contributed by atoms with Crippen LogP contribution in [-0.4, -0.2) is 32.9 Å². The molecule has 2 aliphatic rings. The average Bonchev–Trinajstić information content (AvgIpc) is 3.24. The van der Waals surface area contributed by atoms with Crippen LogP contribution in [0.2, 0.25) is 5.02 Å². The smallest absolute Gasteiger partial charge is 0.409 e. The lowest BCUT2D eigenvalue weighted by molar-refractivity contribution is -0.129. The molecule has 0 aliphatic carbocycles. The van der Waals surface area contributed by atoms with E-state index < -0.39 is 11.9 Å².